The standard InChI is InChI=1S/C20H20F2N2O3/c1-12(8-13-4-3-5-15(9-13)26-2)23-20(25)19-11-18(24-27-19)16-10-14(21)6-7-17(16)22/h3-7,9-10,12,19H,8,11H2,1-2H3,(H,23,25). The van der Waals surface area contributed by atoms with Crippen molar-refractivity contribution in [1.82, 2.24) is 5.32 Å². The Labute approximate surface area is 156 Å². The molecule has 2 atom stereocenters. The first-order chi connectivity index (χ1) is 13.0. The Hall–Kier alpha value is -2.96. The maximum Gasteiger partial charge on any atom is 0.264 e. The monoisotopic (exact) mass is 374 g/mol. The van der Waals surface area contributed by atoms with E-state index in [2.05, 4.69) is 10.5 Å². The van der Waals surface area contributed by atoms with Crippen LogP contribution in [0, 0.1) is 11.6 Å². The summed E-state index contributed by atoms with van der Waals surface area (Å²) in [5.74, 6) is -0.776. The van der Waals surface area contributed by atoms with Crippen LogP contribution in [-0.4, -0.2) is 30.9 Å². The summed E-state index contributed by atoms with van der Waals surface area (Å²) in [5, 5.41) is 6.62. The third-order valence-electron chi connectivity index (χ3n) is 4.27. The van der Waals surface area contributed by atoms with Crippen molar-refractivity contribution in [2.75, 3.05) is 7.11 Å². The zero-order valence-electron chi connectivity index (χ0n) is 15.0. The molecule has 0 bridgehead atoms. The quantitative estimate of drug-likeness (QED) is 0.845. The lowest BCUT2D eigenvalue weighted by Crippen LogP contribution is -2.41. The van der Waals surface area contributed by atoms with Gasteiger partial charge in [0.05, 0.1) is 12.8 Å². The Morgan fingerprint density at radius 2 is 2.15 bits per heavy atom. The molecule has 0 aliphatic carbocycles. The highest BCUT2D eigenvalue weighted by Crippen LogP contribution is 2.20. The second-order valence-electron chi connectivity index (χ2n) is 6.43. The molecule has 1 aliphatic heterocycles. The van der Waals surface area contributed by atoms with Gasteiger partial charge < -0.3 is 14.9 Å². The van der Waals surface area contributed by atoms with E-state index in [1.54, 1.807) is 7.11 Å². The molecular weight excluding hydrogens is 354 g/mol. The van der Waals surface area contributed by atoms with E-state index in [0.717, 1.165) is 29.5 Å². The van der Waals surface area contributed by atoms with Crippen LogP contribution in [0.25, 0.3) is 0 Å². The number of carbonyl (C=O) groups is 1. The molecule has 3 rings (SSSR count). The van der Waals surface area contributed by atoms with E-state index < -0.39 is 17.7 Å². The van der Waals surface area contributed by atoms with Crippen LogP contribution in [0.5, 0.6) is 5.75 Å². The van der Waals surface area contributed by atoms with Crippen molar-refractivity contribution in [2.24, 2.45) is 5.16 Å². The Morgan fingerprint density at radius 1 is 1.33 bits per heavy atom. The first kappa shape index (κ1) is 18.8. The first-order valence-corrected chi connectivity index (χ1v) is 8.57. The van der Waals surface area contributed by atoms with Crippen LogP contribution >= 0.6 is 0 Å². The number of benzene rings is 2. The zero-order valence-corrected chi connectivity index (χ0v) is 15.0. The van der Waals surface area contributed by atoms with Crippen molar-refractivity contribution in [3.63, 3.8) is 0 Å². The Balaban J connectivity index is 1.57. The molecule has 0 radical (unpaired) electrons. The van der Waals surface area contributed by atoms with Crippen LogP contribution in [0.1, 0.15) is 24.5 Å². The summed E-state index contributed by atoms with van der Waals surface area (Å²) in [4.78, 5) is 17.5. The molecule has 2 aromatic carbocycles. The molecule has 0 saturated carbocycles. The SMILES string of the molecule is COc1cccc(CC(C)NC(=O)C2CC(c3cc(F)ccc3F)=NO2)c1. The van der Waals surface area contributed by atoms with Gasteiger partial charge in [0.15, 0.2) is 0 Å². The average molecular weight is 374 g/mol. The number of ether oxygens (including phenoxy) is 1. The topological polar surface area (TPSA) is 59.9 Å². The van der Waals surface area contributed by atoms with Crippen molar-refractivity contribution >= 4 is 11.6 Å². The molecule has 2 aromatic rings. The van der Waals surface area contributed by atoms with Gasteiger partial charge >= 0.3 is 0 Å². The maximum atomic E-state index is 13.9. The smallest absolute Gasteiger partial charge is 0.264 e. The number of amides is 1. The molecule has 0 aromatic heterocycles. The van der Waals surface area contributed by atoms with E-state index in [9.17, 15) is 13.6 Å². The predicted molar refractivity (Wildman–Crippen MR) is 96.7 cm³/mol. The van der Waals surface area contributed by atoms with Gasteiger partial charge in [-0.15, -0.1) is 0 Å². The van der Waals surface area contributed by atoms with Gasteiger partial charge in [-0.2, -0.15) is 0 Å². The summed E-state index contributed by atoms with van der Waals surface area (Å²) < 4.78 is 32.4. The number of hydrogen-bond donors (Lipinski definition) is 1. The number of methoxy groups -OCH3 is 1. The largest absolute Gasteiger partial charge is 0.497 e. The summed E-state index contributed by atoms with van der Waals surface area (Å²) in [6.07, 6.45) is -0.171. The molecule has 1 N–H and O–H groups in total. The van der Waals surface area contributed by atoms with Gasteiger partial charge in [-0.1, -0.05) is 17.3 Å². The van der Waals surface area contributed by atoms with Gasteiger partial charge in [-0.3, -0.25) is 4.79 Å². The number of oxime groups is 1. The van der Waals surface area contributed by atoms with E-state index in [0.29, 0.717) is 6.42 Å². The van der Waals surface area contributed by atoms with Crippen LogP contribution in [0.4, 0.5) is 8.78 Å². The number of nitrogens with one attached hydrogen (secondary N) is 1. The number of hydrogen-bond acceptors (Lipinski definition) is 4. The maximum absolute atomic E-state index is 13.9. The zero-order chi connectivity index (χ0) is 19.4. The second-order valence-corrected chi connectivity index (χ2v) is 6.43. The third-order valence-corrected chi connectivity index (χ3v) is 4.27. The molecule has 7 heteroatoms. The lowest BCUT2D eigenvalue weighted by Gasteiger charge is -2.16. The summed E-state index contributed by atoms with van der Waals surface area (Å²) in [6.45, 7) is 1.88. The highest BCUT2D eigenvalue weighted by atomic mass is 19.1. The molecule has 0 saturated heterocycles. The van der Waals surface area contributed by atoms with E-state index in [-0.39, 0.29) is 29.6 Å². The van der Waals surface area contributed by atoms with Gasteiger partial charge in [-0.05, 0) is 49.2 Å². The number of carbonyl (C=O) groups excluding carboxylic acids is 1. The molecule has 0 spiro atoms. The second kappa shape index (κ2) is 8.16. The summed E-state index contributed by atoms with van der Waals surface area (Å²) >= 11 is 0. The van der Waals surface area contributed by atoms with Crippen LogP contribution in [0.2, 0.25) is 0 Å². The van der Waals surface area contributed by atoms with E-state index in [1.807, 2.05) is 31.2 Å². The molecule has 27 heavy (non-hydrogen) atoms. The first-order valence-electron chi connectivity index (χ1n) is 8.57. The summed E-state index contributed by atoms with van der Waals surface area (Å²) in [6, 6.07) is 10.5. The van der Waals surface area contributed by atoms with Crippen molar-refractivity contribution in [2.45, 2.75) is 31.9 Å². The van der Waals surface area contributed by atoms with Crippen LogP contribution in [0.3, 0.4) is 0 Å². The Kier molecular flexibility index (Phi) is 5.69. The minimum atomic E-state index is -0.865. The molecule has 142 valence electrons. The van der Waals surface area contributed by atoms with Gasteiger partial charge in [-0.25, -0.2) is 8.78 Å². The fraction of sp³-hybridized carbons (Fsp3) is 0.300. The Bertz CT molecular complexity index is 870. The lowest BCUT2D eigenvalue weighted by atomic mass is 10.0. The number of halogens is 2. The Morgan fingerprint density at radius 3 is 2.93 bits per heavy atom. The predicted octanol–water partition coefficient (Wildman–Crippen LogP) is 3.21. The molecular formula is C20H20F2N2O3. The highest BCUT2D eigenvalue weighted by molar-refractivity contribution is 6.04. The molecule has 1 heterocycles. The van der Waals surface area contributed by atoms with E-state index >= 15 is 0 Å². The van der Waals surface area contributed by atoms with Crippen LogP contribution < -0.4 is 10.1 Å². The molecule has 1 amide bonds. The number of rotatable bonds is 6. The van der Waals surface area contributed by atoms with Gasteiger partial charge in [0.2, 0.25) is 6.10 Å². The molecule has 0 fully saturated rings. The van der Waals surface area contributed by atoms with Crippen molar-refractivity contribution in [1.29, 1.82) is 0 Å². The average Bonchev–Trinajstić information content (AvgIpc) is 3.14. The number of nitrogens with zero attached hydrogens (tertiary/aromatic N) is 1. The molecule has 1 aliphatic rings. The third kappa shape index (κ3) is 4.61. The fourth-order valence-corrected chi connectivity index (χ4v) is 2.94. The van der Waals surface area contributed by atoms with E-state index in [1.165, 1.54) is 0 Å². The van der Waals surface area contributed by atoms with Crippen LogP contribution in [0.15, 0.2) is 47.6 Å². The normalized spacial score (nSPS) is 17.0. The highest BCUT2D eigenvalue weighted by Gasteiger charge is 2.30. The van der Waals surface area contributed by atoms with Crippen LogP contribution in [-0.2, 0) is 16.1 Å². The van der Waals surface area contributed by atoms with Gasteiger partial charge in [0.25, 0.3) is 5.91 Å². The van der Waals surface area contributed by atoms with Gasteiger partial charge in [0, 0.05) is 18.0 Å². The fourth-order valence-electron chi connectivity index (χ4n) is 2.94. The van der Waals surface area contributed by atoms with Crippen molar-refractivity contribution < 1.29 is 23.1 Å². The van der Waals surface area contributed by atoms with Crippen molar-refractivity contribution in [3.8, 4) is 5.75 Å². The summed E-state index contributed by atoms with van der Waals surface area (Å²) in [7, 11) is 1.60. The molecule has 5 nitrogen and oxygen atoms in total. The lowest BCUT2D eigenvalue weighted by molar-refractivity contribution is -0.131. The van der Waals surface area contributed by atoms with E-state index in [4.69, 9.17) is 9.57 Å². The van der Waals surface area contributed by atoms with Gasteiger partial charge in [0.1, 0.15) is 17.4 Å². The molecule has 2 unspecified atom stereocenters. The summed E-state index contributed by atoms with van der Waals surface area (Å²) in [5.41, 5.74) is 1.25. The minimum absolute atomic E-state index is 0.00901. The van der Waals surface area contributed by atoms with Crippen molar-refractivity contribution in [3.05, 3.63) is 65.2 Å². The minimum Gasteiger partial charge on any atom is -0.497 e.